The number of benzene rings is 1. The molecule has 0 saturated heterocycles. The minimum absolute atomic E-state index is 0.219. The zero-order chi connectivity index (χ0) is 13.3. The van der Waals surface area contributed by atoms with Crippen molar-refractivity contribution in [2.24, 2.45) is 17.6 Å². The second kappa shape index (κ2) is 4.93. The van der Waals surface area contributed by atoms with Gasteiger partial charge in [0.2, 0.25) is 0 Å². The van der Waals surface area contributed by atoms with Crippen LogP contribution in [-0.2, 0) is 5.54 Å². The number of hydrogen-bond donors (Lipinski definition) is 1. The molecule has 1 aromatic rings. The Morgan fingerprint density at radius 3 is 2.61 bits per heavy atom. The summed E-state index contributed by atoms with van der Waals surface area (Å²) in [6.07, 6.45) is 3.31. The van der Waals surface area contributed by atoms with Crippen LogP contribution in [-0.4, -0.2) is 7.11 Å². The maximum Gasteiger partial charge on any atom is 0.123 e. The highest BCUT2D eigenvalue weighted by Crippen LogP contribution is 2.43. The predicted molar refractivity (Wildman–Crippen MR) is 75.8 cm³/mol. The highest BCUT2D eigenvalue weighted by atomic mass is 16.5. The summed E-state index contributed by atoms with van der Waals surface area (Å²) in [6.45, 7) is 6.76. The first-order valence-corrected chi connectivity index (χ1v) is 6.90. The lowest BCUT2D eigenvalue weighted by Crippen LogP contribution is -2.43. The quantitative estimate of drug-likeness (QED) is 0.866. The van der Waals surface area contributed by atoms with E-state index in [4.69, 9.17) is 10.5 Å². The number of hydrogen-bond acceptors (Lipinski definition) is 2. The van der Waals surface area contributed by atoms with Crippen molar-refractivity contribution in [1.29, 1.82) is 0 Å². The van der Waals surface area contributed by atoms with Crippen molar-refractivity contribution in [1.82, 2.24) is 0 Å². The van der Waals surface area contributed by atoms with E-state index in [-0.39, 0.29) is 5.54 Å². The largest absolute Gasteiger partial charge is 0.496 e. The topological polar surface area (TPSA) is 35.2 Å². The second-order valence-corrected chi connectivity index (χ2v) is 6.06. The molecule has 1 aliphatic rings. The molecule has 0 spiro atoms. The Balaban J connectivity index is 2.37. The molecule has 3 unspecified atom stereocenters. The third kappa shape index (κ3) is 2.39. The van der Waals surface area contributed by atoms with Crippen molar-refractivity contribution in [2.45, 2.75) is 45.6 Å². The van der Waals surface area contributed by atoms with Gasteiger partial charge in [-0.25, -0.2) is 0 Å². The van der Waals surface area contributed by atoms with Crippen molar-refractivity contribution in [3.05, 3.63) is 29.3 Å². The van der Waals surface area contributed by atoms with E-state index in [0.29, 0.717) is 5.92 Å². The summed E-state index contributed by atoms with van der Waals surface area (Å²) in [5, 5.41) is 0. The molecule has 0 heterocycles. The van der Waals surface area contributed by atoms with Crippen LogP contribution < -0.4 is 10.5 Å². The lowest BCUT2D eigenvalue weighted by molar-refractivity contribution is 0.173. The standard InChI is InChI=1S/C16H25NO/c1-11-5-6-15(18-4)14(9-11)16(17)8-7-12(2)13(3)10-16/h5-6,9,12-13H,7-8,10,17H2,1-4H3. The average Bonchev–Trinajstić information content (AvgIpc) is 2.34. The molecule has 0 bridgehead atoms. The van der Waals surface area contributed by atoms with Crippen LogP contribution in [0.5, 0.6) is 5.75 Å². The van der Waals surface area contributed by atoms with Crippen LogP contribution in [0.2, 0.25) is 0 Å². The number of ether oxygens (including phenoxy) is 1. The summed E-state index contributed by atoms with van der Waals surface area (Å²) in [6, 6.07) is 6.32. The summed E-state index contributed by atoms with van der Waals surface area (Å²) >= 11 is 0. The summed E-state index contributed by atoms with van der Waals surface area (Å²) in [5.74, 6) is 2.39. The lowest BCUT2D eigenvalue weighted by atomic mass is 9.68. The van der Waals surface area contributed by atoms with Crippen LogP contribution in [0.3, 0.4) is 0 Å². The van der Waals surface area contributed by atoms with Crippen LogP contribution in [0.1, 0.15) is 44.2 Å². The Morgan fingerprint density at radius 2 is 2.00 bits per heavy atom. The minimum atomic E-state index is -0.219. The molecule has 1 aromatic carbocycles. The van der Waals surface area contributed by atoms with Gasteiger partial charge in [0.25, 0.3) is 0 Å². The first-order valence-electron chi connectivity index (χ1n) is 6.90. The van der Waals surface area contributed by atoms with Gasteiger partial charge in [0.15, 0.2) is 0 Å². The molecule has 2 rings (SSSR count). The van der Waals surface area contributed by atoms with Crippen molar-refractivity contribution >= 4 is 0 Å². The monoisotopic (exact) mass is 247 g/mol. The van der Waals surface area contributed by atoms with Crippen LogP contribution in [0, 0.1) is 18.8 Å². The van der Waals surface area contributed by atoms with E-state index in [1.807, 2.05) is 6.07 Å². The van der Waals surface area contributed by atoms with E-state index in [1.165, 1.54) is 17.5 Å². The molecule has 100 valence electrons. The van der Waals surface area contributed by atoms with Crippen LogP contribution in [0.4, 0.5) is 0 Å². The molecule has 2 N–H and O–H groups in total. The first kappa shape index (κ1) is 13.4. The molecule has 0 aliphatic heterocycles. The predicted octanol–water partition coefficient (Wildman–Crippen LogP) is 3.61. The second-order valence-electron chi connectivity index (χ2n) is 6.06. The molecular weight excluding hydrogens is 222 g/mol. The van der Waals surface area contributed by atoms with Crippen molar-refractivity contribution in [2.75, 3.05) is 7.11 Å². The van der Waals surface area contributed by atoms with Crippen molar-refractivity contribution in [3.8, 4) is 5.75 Å². The maximum atomic E-state index is 6.70. The highest BCUT2D eigenvalue weighted by Gasteiger charge is 2.37. The van der Waals surface area contributed by atoms with Crippen molar-refractivity contribution in [3.63, 3.8) is 0 Å². The summed E-state index contributed by atoms with van der Waals surface area (Å²) in [7, 11) is 1.73. The summed E-state index contributed by atoms with van der Waals surface area (Å²) < 4.78 is 5.50. The summed E-state index contributed by atoms with van der Waals surface area (Å²) in [4.78, 5) is 0. The molecule has 0 amide bonds. The smallest absolute Gasteiger partial charge is 0.123 e. The van der Waals surface area contributed by atoms with Gasteiger partial charge < -0.3 is 10.5 Å². The van der Waals surface area contributed by atoms with E-state index < -0.39 is 0 Å². The zero-order valence-electron chi connectivity index (χ0n) is 12.0. The third-order valence-corrected chi connectivity index (χ3v) is 4.59. The molecule has 2 heteroatoms. The molecule has 18 heavy (non-hydrogen) atoms. The highest BCUT2D eigenvalue weighted by molar-refractivity contribution is 5.42. The SMILES string of the molecule is COc1ccc(C)cc1C1(N)CCC(C)C(C)C1. The molecule has 1 aliphatic carbocycles. The van der Waals surface area contributed by atoms with Crippen LogP contribution >= 0.6 is 0 Å². The van der Waals surface area contributed by atoms with E-state index >= 15 is 0 Å². The zero-order valence-corrected chi connectivity index (χ0v) is 12.0. The first-order chi connectivity index (χ1) is 8.46. The van der Waals surface area contributed by atoms with E-state index in [9.17, 15) is 0 Å². The number of nitrogens with two attached hydrogens (primary N) is 1. The van der Waals surface area contributed by atoms with Gasteiger partial charge in [-0.1, -0.05) is 31.5 Å². The fourth-order valence-electron chi connectivity index (χ4n) is 3.10. The minimum Gasteiger partial charge on any atom is -0.496 e. The number of methoxy groups -OCH3 is 1. The number of aryl methyl sites for hydroxylation is 1. The van der Waals surface area contributed by atoms with Gasteiger partial charge in [-0.05, 0) is 44.1 Å². The molecule has 0 aromatic heterocycles. The van der Waals surface area contributed by atoms with Gasteiger partial charge in [0, 0.05) is 11.1 Å². The summed E-state index contributed by atoms with van der Waals surface area (Å²) in [5.41, 5.74) is 8.92. The Kier molecular flexibility index (Phi) is 3.67. The van der Waals surface area contributed by atoms with E-state index in [0.717, 1.165) is 24.5 Å². The number of rotatable bonds is 2. The fourth-order valence-corrected chi connectivity index (χ4v) is 3.10. The molecule has 1 saturated carbocycles. The van der Waals surface area contributed by atoms with Crippen LogP contribution in [0.15, 0.2) is 18.2 Å². The molecule has 0 radical (unpaired) electrons. The van der Waals surface area contributed by atoms with Gasteiger partial charge in [-0.2, -0.15) is 0 Å². The third-order valence-electron chi connectivity index (χ3n) is 4.59. The van der Waals surface area contributed by atoms with Gasteiger partial charge in [0.05, 0.1) is 7.11 Å². The van der Waals surface area contributed by atoms with Gasteiger partial charge in [-0.15, -0.1) is 0 Å². The molecule has 2 nitrogen and oxygen atoms in total. The Labute approximate surface area is 111 Å². The fraction of sp³-hybridized carbons (Fsp3) is 0.625. The Hall–Kier alpha value is -1.02. The van der Waals surface area contributed by atoms with Gasteiger partial charge in [0.1, 0.15) is 5.75 Å². The molecule has 1 fully saturated rings. The Bertz CT molecular complexity index is 429. The average molecular weight is 247 g/mol. The lowest BCUT2D eigenvalue weighted by Gasteiger charge is -2.41. The van der Waals surface area contributed by atoms with E-state index in [2.05, 4.69) is 32.9 Å². The van der Waals surface area contributed by atoms with Crippen molar-refractivity contribution < 1.29 is 4.74 Å². The maximum absolute atomic E-state index is 6.70. The van der Waals surface area contributed by atoms with Gasteiger partial charge >= 0.3 is 0 Å². The van der Waals surface area contributed by atoms with Gasteiger partial charge in [-0.3, -0.25) is 0 Å². The Morgan fingerprint density at radius 1 is 1.28 bits per heavy atom. The van der Waals surface area contributed by atoms with E-state index in [1.54, 1.807) is 7.11 Å². The molecule has 3 atom stereocenters. The van der Waals surface area contributed by atoms with Crippen LogP contribution in [0.25, 0.3) is 0 Å². The molecular formula is C16H25NO. The normalized spacial score (nSPS) is 32.3.